The largest absolute Gasteiger partial charge is 0.374 e. The number of anilines is 1. The highest BCUT2D eigenvalue weighted by atomic mass is 19.1. The van der Waals surface area contributed by atoms with Crippen LogP contribution in [-0.2, 0) is 9.59 Å². The predicted molar refractivity (Wildman–Crippen MR) is 85.7 cm³/mol. The summed E-state index contributed by atoms with van der Waals surface area (Å²) in [4.78, 5) is 25.1. The Morgan fingerprint density at radius 1 is 1.22 bits per heavy atom. The minimum Gasteiger partial charge on any atom is -0.374 e. The van der Waals surface area contributed by atoms with Gasteiger partial charge in [-0.25, -0.2) is 4.39 Å². The van der Waals surface area contributed by atoms with Crippen LogP contribution in [0.15, 0.2) is 18.2 Å². The number of carbonyl (C=O) groups is 2. The Morgan fingerprint density at radius 2 is 1.96 bits per heavy atom. The van der Waals surface area contributed by atoms with E-state index in [4.69, 9.17) is 0 Å². The topological polar surface area (TPSA) is 61.4 Å². The van der Waals surface area contributed by atoms with Gasteiger partial charge in [0.1, 0.15) is 11.9 Å². The zero-order valence-electron chi connectivity index (χ0n) is 13.3. The number of nitrogens with one attached hydrogen (secondary N) is 2. The molecule has 0 saturated carbocycles. The molecule has 2 fully saturated rings. The van der Waals surface area contributed by atoms with Gasteiger partial charge in [-0.05, 0) is 63.0 Å². The molecule has 6 heteroatoms. The van der Waals surface area contributed by atoms with Gasteiger partial charge in [-0.15, -0.1) is 0 Å². The third-order valence-electron chi connectivity index (χ3n) is 4.74. The molecule has 2 N–H and O–H groups in total. The minimum atomic E-state index is -0.485. The molecule has 0 bridgehead atoms. The molecule has 2 aliphatic heterocycles. The molecule has 2 heterocycles. The van der Waals surface area contributed by atoms with Gasteiger partial charge in [0.2, 0.25) is 11.8 Å². The summed E-state index contributed by atoms with van der Waals surface area (Å²) in [5.41, 5.74) is 1.33. The van der Waals surface area contributed by atoms with Crippen LogP contribution in [0.2, 0.25) is 0 Å². The van der Waals surface area contributed by atoms with Gasteiger partial charge in [0.25, 0.3) is 0 Å². The molecule has 1 unspecified atom stereocenters. The number of hydrogen-bond donors (Lipinski definition) is 2. The maximum absolute atomic E-state index is 14.4. The maximum atomic E-state index is 14.4. The lowest BCUT2D eigenvalue weighted by atomic mass is 9.89. The van der Waals surface area contributed by atoms with Crippen LogP contribution in [-0.4, -0.2) is 42.9 Å². The van der Waals surface area contributed by atoms with Gasteiger partial charge in [-0.3, -0.25) is 14.9 Å². The van der Waals surface area contributed by atoms with Gasteiger partial charge in [0.15, 0.2) is 0 Å². The number of carbonyl (C=O) groups excluding carboxylic acids is 2. The van der Waals surface area contributed by atoms with Crippen LogP contribution >= 0.6 is 0 Å². The Balaban J connectivity index is 1.67. The Hall–Kier alpha value is -1.95. The Kier molecular flexibility index (Phi) is 4.61. The fourth-order valence-corrected chi connectivity index (χ4v) is 3.30. The van der Waals surface area contributed by atoms with Gasteiger partial charge >= 0.3 is 0 Å². The lowest BCUT2D eigenvalue weighted by Crippen LogP contribution is -2.47. The molecule has 2 saturated heterocycles. The molecule has 1 aromatic carbocycles. The second-order valence-corrected chi connectivity index (χ2v) is 6.46. The van der Waals surface area contributed by atoms with Crippen LogP contribution in [0.25, 0.3) is 0 Å². The fraction of sp³-hybridized carbons (Fsp3) is 0.529. The summed E-state index contributed by atoms with van der Waals surface area (Å²) in [6.07, 6.45) is 2.67. The minimum absolute atomic E-state index is 0.225. The lowest BCUT2D eigenvalue weighted by Gasteiger charge is -2.29. The number of likely N-dealkylation sites (tertiary alicyclic amines) is 1. The summed E-state index contributed by atoms with van der Waals surface area (Å²) in [6, 6.07) is 4.61. The van der Waals surface area contributed by atoms with E-state index in [1.807, 2.05) is 12.1 Å². The van der Waals surface area contributed by atoms with E-state index in [1.165, 1.54) is 6.07 Å². The van der Waals surface area contributed by atoms with E-state index in [0.29, 0.717) is 18.5 Å². The first kappa shape index (κ1) is 15.9. The second kappa shape index (κ2) is 6.66. The van der Waals surface area contributed by atoms with Crippen molar-refractivity contribution in [3.63, 3.8) is 0 Å². The van der Waals surface area contributed by atoms with Crippen LogP contribution in [0.3, 0.4) is 0 Å². The molecule has 2 aliphatic rings. The number of rotatable bonds is 3. The SMILES string of the molecule is CN1CCC(c2ccc(NC3CCC(=O)NC3=O)cc2F)CC1. The molecule has 0 aromatic heterocycles. The maximum Gasteiger partial charge on any atom is 0.249 e. The summed E-state index contributed by atoms with van der Waals surface area (Å²) < 4.78 is 14.4. The van der Waals surface area contributed by atoms with Crippen molar-refractivity contribution in [3.05, 3.63) is 29.6 Å². The second-order valence-electron chi connectivity index (χ2n) is 6.46. The third-order valence-corrected chi connectivity index (χ3v) is 4.74. The van der Waals surface area contributed by atoms with Crippen molar-refractivity contribution < 1.29 is 14.0 Å². The quantitative estimate of drug-likeness (QED) is 0.835. The first-order valence-corrected chi connectivity index (χ1v) is 8.11. The van der Waals surface area contributed by atoms with E-state index >= 15 is 0 Å². The molecule has 5 nitrogen and oxygen atoms in total. The van der Waals surface area contributed by atoms with Crippen LogP contribution in [0.1, 0.15) is 37.2 Å². The van der Waals surface area contributed by atoms with E-state index in [0.717, 1.165) is 31.5 Å². The molecule has 23 heavy (non-hydrogen) atoms. The third kappa shape index (κ3) is 3.69. The smallest absolute Gasteiger partial charge is 0.249 e. The van der Waals surface area contributed by atoms with Crippen LogP contribution < -0.4 is 10.6 Å². The summed E-state index contributed by atoms with van der Waals surface area (Å²) in [5, 5.41) is 5.31. The van der Waals surface area contributed by atoms with Gasteiger partial charge in [0.05, 0.1) is 0 Å². The van der Waals surface area contributed by atoms with Gasteiger partial charge in [0, 0.05) is 12.1 Å². The number of benzene rings is 1. The Morgan fingerprint density at radius 3 is 2.61 bits per heavy atom. The molecule has 1 atom stereocenters. The molecule has 3 rings (SSSR count). The van der Waals surface area contributed by atoms with E-state index in [-0.39, 0.29) is 23.5 Å². The number of piperidine rings is 2. The highest BCUT2D eigenvalue weighted by molar-refractivity contribution is 6.01. The monoisotopic (exact) mass is 319 g/mol. The van der Waals surface area contributed by atoms with Crippen LogP contribution in [0.5, 0.6) is 0 Å². The first-order chi connectivity index (χ1) is 11.0. The molecule has 2 amide bonds. The molecule has 0 aliphatic carbocycles. The van der Waals surface area contributed by atoms with Crippen LogP contribution in [0.4, 0.5) is 10.1 Å². The zero-order chi connectivity index (χ0) is 16.4. The summed E-state index contributed by atoms with van der Waals surface area (Å²) >= 11 is 0. The molecule has 0 radical (unpaired) electrons. The van der Waals surface area contributed by atoms with Gasteiger partial charge < -0.3 is 10.2 Å². The molecule has 124 valence electrons. The van der Waals surface area contributed by atoms with Crippen molar-refractivity contribution in [2.45, 2.75) is 37.6 Å². The van der Waals surface area contributed by atoms with Crippen molar-refractivity contribution in [1.29, 1.82) is 0 Å². The molecular formula is C17H22FN3O2. The van der Waals surface area contributed by atoms with Crippen molar-refractivity contribution in [1.82, 2.24) is 10.2 Å². The van der Waals surface area contributed by atoms with Crippen molar-refractivity contribution >= 4 is 17.5 Å². The molecular weight excluding hydrogens is 297 g/mol. The number of nitrogens with zero attached hydrogens (tertiary/aromatic N) is 1. The van der Waals surface area contributed by atoms with Crippen molar-refractivity contribution in [2.75, 3.05) is 25.5 Å². The highest BCUT2D eigenvalue weighted by Gasteiger charge is 2.27. The van der Waals surface area contributed by atoms with E-state index < -0.39 is 6.04 Å². The number of halogens is 1. The number of amides is 2. The Bertz CT molecular complexity index is 612. The summed E-state index contributed by atoms with van der Waals surface area (Å²) in [6.45, 7) is 1.97. The number of imide groups is 1. The standard InChI is InChI=1S/C17H22FN3O2/c1-21-8-6-11(7-9-21)13-3-2-12(10-14(13)18)19-15-4-5-16(22)20-17(15)23/h2-3,10-11,15,19H,4-9H2,1H3,(H,20,22,23). The van der Waals surface area contributed by atoms with E-state index in [1.54, 1.807) is 0 Å². The van der Waals surface area contributed by atoms with Crippen molar-refractivity contribution in [3.8, 4) is 0 Å². The van der Waals surface area contributed by atoms with Gasteiger partial charge in [-0.2, -0.15) is 0 Å². The Labute approximate surface area is 135 Å². The summed E-state index contributed by atoms with van der Waals surface area (Å²) in [5.74, 6) is -0.564. The highest BCUT2D eigenvalue weighted by Crippen LogP contribution is 2.30. The normalized spacial score (nSPS) is 23.7. The average Bonchev–Trinajstić information content (AvgIpc) is 2.51. The van der Waals surface area contributed by atoms with Gasteiger partial charge in [-0.1, -0.05) is 6.07 Å². The van der Waals surface area contributed by atoms with Crippen molar-refractivity contribution in [2.24, 2.45) is 0 Å². The van der Waals surface area contributed by atoms with Crippen LogP contribution in [0, 0.1) is 5.82 Å². The fourth-order valence-electron chi connectivity index (χ4n) is 3.30. The van der Waals surface area contributed by atoms with E-state index in [2.05, 4.69) is 22.6 Å². The summed E-state index contributed by atoms with van der Waals surface area (Å²) in [7, 11) is 2.08. The van der Waals surface area contributed by atoms with E-state index in [9.17, 15) is 14.0 Å². The first-order valence-electron chi connectivity index (χ1n) is 8.11. The molecule has 1 aromatic rings. The lowest BCUT2D eigenvalue weighted by molar-refractivity contribution is -0.133. The average molecular weight is 319 g/mol. The number of hydrogen-bond acceptors (Lipinski definition) is 4. The predicted octanol–water partition coefficient (Wildman–Crippen LogP) is 1.85. The molecule has 0 spiro atoms. The zero-order valence-corrected chi connectivity index (χ0v) is 13.3.